The zero-order valence-electron chi connectivity index (χ0n) is 15.8. The normalized spacial score (nSPS) is 14.4. The fourth-order valence-corrected chi connectivity index (χ4v) is 2.90. The third-order valence-corrected chi connectivity index (χ3v) is 4.29. The minimum atomic E-state index is -0.282. The molecule has 0 atom stereocenters. The molecule has 0 spiro atoms. The summed E-state index contributed by atoms with van der Waals surface area (Å²) in [6.07, 6.45) is 0. The van der Waals surface area contributed by atoms with Crippen molar-refractivity contribution in [1.29, 1.82) is 0 Å². The number of ether oxygens (including phenoxy) is 3. The first-order valence-corrected chi connectivity index (χ1v) is 8.56. The summed E-state index contributed by atoms with van der Waals surface area (Å²) in [5.41, 5.74) is 1.50. The van der Waals surface area contributed by atoms with Gasteiger partial charge in [-0.05, 0) is 24.6 Å². The summed E-state index contributed by atoms with van der Waals surface area (Å²) in [6.45, 7) is 3.98. The number of nitrogens with zero attached hydrogens (tertiary/aromatic N) is 2. The monoisotopic (exact) mass is 362 g/mol. The first-order chi connectivity index (χ1) is 12.6. The Hall–Kier alpha value is -2.38. The quantitative estimate of drug-likeness (QED) is 0.586. The van der Waals surface area contributed by atoms with Crippen LogP contribution in [-0.4, -0.2) is 75.8 Å². The van der Waals surface area contributed by atoms with E-state index in [1.807, 2.05) is 4.90 Å². The van der Waals surface area contributed by atoms with Crippen molar-refractivity contribution >= 4 is 17.4 Å². The van der Waals surface area contributed by atoms with Gasteiger partial charge in [-0.25, -0.2) is 0 Å². The summed E-state index contributed by atoms with van der Waals surface area (Å²) in [4.78, 5) is 28.9. The number of methoxy groups -OCH3 is 3. The molecule has 1 aromatic carbocycles. The van der Waals surface area contributed by atoms with Crippen LogP contribution < -0.4 is 4.74 Å². The van der Waals surface area contributed by atoms with Gasteiger partial charge in [-0.1, -0.05) is 12.1 Å². The van der Waals surface area contributed by atoms with Crippen LogP contribution in [-0.2, 0) is 19.1 Å². The number of carbonyl (C=O) groups is 2. The van der Waals surface area contributed by atoms with Crippen molar-refractivity contribution in [3.63, 3.8) is 0 Å². The van der Waals surface area contributed by atoms with Gasteiger partial charge in [-0.3, -0.25) is 14.5 Å². The molecule has 1 aliphatic heterocycles. The molecule has 7 heteroatoms. The molecule has 2 amide bonds. The summed E-state index contributed by atoms with van der Waals surface area (Å²) in [7, 11) is 4.79. The van der Waals surface area contributed by atoms with Gasteiger partial charge in [0.25, 0.3) is 11.8 Å². The van der Waals surface area contributed by atoms with Crippen LogP contribution in [0.15, 0.2) is 30.0 Å². The molecule has 0 unspecified atom stereocenters. The summed E-state index contributed by atoms with van der Waals surface area (Å²) >= 11 is 0. The van der Waals surface area contributed by atoms with Gasteiger partial charge in [0, 0.05) is 33.9 Å². The van der Waals surface area contributed by atoms with E-state index in [0.29, 0.717) is 55.4 Å². The molecule has 7 nitrogen and oxygen atoms in total. The molecule has 2 rings (SSSR count). The van der Waals surface area contributed by atoms with Crippen molar-refractivity contribution < 1.29 is 23.8 Å². The molecular weight excluding hydrogens is 336 g/mol. The lowest BCUT2D eigenvalue weighted by atomic mass is 10.0. The highest BCUT2D eigenvalue weighted by Crippen LogP contribution is 2.32. The molecule has 1 aliphatic rings. The van der Waals surface area contributed by atoms with Gasteiger partial charge in [0.1, 0.15) is 11.4 Å². The van der Waals surface area contributed by atoms with Crippen molar-refractivity contribution in [2.75, 3.05) is 54.2 Å². The molecule has 1 heterocycles. The maximum absolute atomic E-state index is 12.9. The predicted octanol–water partition coefficient (Wildman–Crippen LogP) is 1.39. The van der Waals surface area contributed by atoms with Gasteiger partial charge in [0.05, 0.1) is 25.9 Å². The van der Waals surface area contributed by atoms with Crippen molar-refractivity contribution in [3.05, 3.63) is 35.5 Å². The minimum Gasteiger partial charge on any atom is -0.497 e. The number of rotatable bonds is 10. The number of hydrogen-bond acceptors (Lipinski definition) is 6. The highest BCUT2D eigenvalue weighted by Gasteiger charge is 2.40. The van der Waals surface area contributed by atoms with Gasteiger partial charge in [0.2, 0.25) is 0 Å². The van der Waals surface area contributed by atoms with Gasteiger partial charge in [-0.2, -0.15) is 0 Å². The van der Waals surface area contributed by atoms with E-state index in [9.17, 15) is 9.59 Å². The van der Waals surface area contributed by atoms with Crippen LogP contribution in [0.2, 0.25) is 0 Å². The summed E-state index contributed by atoms with van der Waals surface area (Å²) in [5, 5.41) is 0. The van der Waals surface area contributed by atoms with E-state index in [1.165, 1.54) is 4.90 Å². The average molecular weight is 362 g/mol. The maximum Gasteiger partial charge on any atom is 0.277 e. The average Bonchev–Trinajstić information content (AvgIpc) is 2.92. The second kappa shape index (κ2) is 9.35. The molecular formula is C19H26N2O5. The van der Waals surface area contributed by atoms with E-state index < -0.39 is 0 Å². The van der Waals surface area contributed by atoms with E-state index in [2.05, 4.69) is 0 Å². The highest BCUT2D eigenvalue weighted by atomic mass is 16.5. The lowest BCUT2D eigenvalue weighted by molar-refractivity contribution is -0.137. The van der Waals surface area contributed by atoms with E-state index in [4.69, 9.17) is 14.2 Å². The molecule has 1 aromatic rings. The molecule has 0 aromatic heterocycles. The van der Waals surface area contributed by atoms with Crippen LogP contribution >= 0.6 is 0 Å². The van der Waals surface area contributed by atoms with E-state index in [1.54, 1.807) is 52.5 Å². The summed E-state index contributed by atoms with van der Waals surface area (Å²) < 4.78 is 15.5. The highest BCUT2D eigenvalue weighted by molar-refractivity contribution is 6.35. The van der Waals surface area contributed by atoms with Crippen LogP contribution in [0.25, 0.3) is 5.57 Å². The fourth-order valence-electron chi connectivity index (χ4n) is 2.90. The maximum atomic E-state index is 12.9. The number of hydrogen-bond donors (Lipinski definition) is 0. The Bertz CT molecular complexity index is 661. The standard InChI is InChI=1S/C19H26N2O5/c1-5-21-18(22)16(14-6-8-15(26-4)9-7-14)17(19(21)23)20(10-12-24-2)11-13-25-3/h6-9H,5,10-13H2,1-4H3. The van der Waals surface area contributed by atoms with Crippen LogP contribution in [0.3, 0.4) is 0 Å². The van der Waals surface area contributed by atoms with Gasteiger partial charge >= 0.3 is 0 Å². The molecule has 0 fully saturated rings. The Morgan fingerprint density at radius 3 is 1.96 bits per heavy atom. The lowest BCUT2D eigenvalue weighted by Gasteiger charge is -2.25. The van der Waals surface area contributed by atoms with E-state index in [0.717, 1.165) is 0 Å². The molecule has 0 saturated carbocycles. The Morgan fingerprint density at radius 1 is 0.923 bits per heavy atom. The smallest absolute Gasteiger partial charge is 0.277 e. The Morgan fingerprint density at radius 2 is 1.50 bits per heavy atom. The molecule has 0 saturated heterocycles. The van der Waals surface area contributed by atoms with Gasteiger partial charge in [-0.15, -0.1) is 0 Å². The lowest BCUT2D eigenvalue weighted by Crippen LogP contribution is -2.37. The fraction of sp³-hybridized carbons (Fsp3) is 0.474. The number of imide groups is 1. The number of benzene rings is 1. The van der Waals surface area contributed by atoms with E-state index in [-0.39, 0.29) is 11.8 Å². The molecule has 142 valence electrons. The van der Waals surface area contributed by atoms with Crippen molar-refractivity contribution in [2.24, 2.45) is 0 Å². The number of carbonyl (C=O) groups excluding carboxylic acids is 2. The molecule has 26 heavy (non-hydrogen) atoms. The summed E-state index contributed by atoms with van der Waals surface area (Å²) in [6, 6.07) is 7.15. The van der Waals surface area contributed by atoms with Crippen LogP contribution in [0.4, 0.5) is 0 Å². The number of amides is 2. The zero-order chi connectivity index (χ0) is 19.1. The van der Waals surface area contributed by atoms with E-state index >= 15 is 0 Å². The van der Waals surface area contributed by atoms with Crippen molar-refractivity contribution in [1.82, 2.24) is 9.80 Å². The SMILES string of the molecule is CCN1C(=O)C(c2ccc(OC)cc2)=C(N(CCOC)CCOC)C1=O. The zero-order valence-corrected chi connectivity index (χ0v) is 15.8. The molecule has 0 aliphatic carbocycles. The first kappa shape index (κ1) is 19.9. The Labute approximate surface area is 154 Å². The first-order valence-electron chi connectivity index (χ1n) is 8.56. The molecule has 0 bridgehead atoms. The third kappa shape index (κ3) is 4.05. The predicted molar refractivity (Wildman–Crippen MR) is 97.6 cm³/mol. The molecule has 0 radical (unpaired) electrons. The van der Waals surface area contributed by atoms with Crippen LogP contribution in [0, 0.1) is 0 Å². The summed E-state index contributed by atoms with van der Waals surface area (Å²) in [5.74, 6) is 0.128. The van der Waals surface area contributed by atoms with Crippen LogP contribution in [0.1, 0.15) is 12.5 Å². The topological polar surface area (TPSA) is 68.3 Å². The Balaban J connectivity index is 2.51. The second-order valence-electron chi connectivity index (χ2n) is 5.78. The van der Waals surface area contributed by atoms with Gasteiger partial charge < -0.3 is 19.1 Å². The number of likely N-dealkylation sites (N-methyl/N-ethyl adjacent to an activating group) is 1. The van der Waals surface area contributed by atoms with Crippen molar-refractivity contribution in [3.8, 4) is 5.75 Å². The van der Waals surface area contributed by atoms with Gasteiger partial charge in [0.15, 0.2) is 0 Å². The second-order valence-corrected chi connectivity index (χ2v) is 5.78. The Kier molecular flexibility index (Phi) is 7.17. The molecule has 0 N–H and O–H groups in total. The largest absolute Gasteiger partial charge is 0.497 e. The minimum absolute atomic E-state index is 0.280. The van der Waals surface area contributed by atoms with Crippen LogP contribution in [0.5, 0.6) is 5.75 Å². The third-order valence-electron chi connectivity index (χ3n) is 4.29. The van der Waals surface area contributed by atoms with Crippen molar-refractivity contribution in [2.45, 2.75) is 6.92 Å².